The highest BCUT2D eigenvalue weighted by Crippen LogP contribution is 2.38. The van der Waals surface area contributed by atoms with Gasteiger partial charge in [0.25, 0.3) is 0 Å². The van der Waals surface area contributed by atoms with Crippen molar-refractivity contribution in [2.75, 3.05) is 13.7 Å². The van der Waals surface area contributed by atoms with Crippen LogP contribution in [0.25, 0.3) is 11.0 Å². The van der Waals surface area contributed by atoms with E-state index in [1.54, 1.807) is 25.1 Å². The number of hydrogen-bond donors (Lipinski definition) is 0. The summed E-state index contributed by atoms with van der Waals surface area (Å²) in [6.45, 7) is 7.42. The van der Waals surface area contributed by atoms with Crippen molar-refractivity contribution in [3.05, 3.63) is 23.9 Å². The van der Waals surface area contributed by atoms with Gasteiger partial charge in [-0.2, -0.15) is 0 Å². The quantitative estimate of drug-likeness (QED) is 0.346. The van der Waals surface area contributed by atoms with Crippen molar-refractivity contribution < 1.29 is 34.1 Å². The van der Waals surface area contributed by atoms with E-state index in [1.807, 2.05) is 20.8 Å². The molecule has 0 unspecified atom stereocenters. The summed E-state index contributed by atoms with van der Waals surface area (Å²) < 4.78 is 53.6. The van der Waals surface area contributed by atoms with E-state index in [1.165, 1.54) is 12.0 Å². The summed E-state index contributed by atoms with van der Waals surface area (Å²) in [5.74, 6) is -1.77. The predicted octanol–water partition coefficient (Wildman–Crippen LogP) is 5.31. The summed E-state index contributed by atoms with van der Waals surface area (Å²) in [6, 6.07) is 4.08. The highest BCUT2D eigenvalue weighted by atomic mass is 16.5. The number of aromatic nitrogens is 2. The Morgan fingerprint density at radius 2 is 1.83 bits per heavy atom. The normalized spacial score (nSPS) is 33.4. The molecule has 2 bridgehead atoms. The molecule has 3 aliphatic rings. The number of methoxy groups -OCH3 is 1. The fourth-order valence-corrected chi connectivity index (χ4v) is 6.45. The maximum absolute atomic E-state index is 14.2. The van der Waals surface area contributed by atoms with Crippen molar-refractivity contribution in [1.29, 1.82) is 0 Å². The van der Waals surface area contributed by atoms with Gasteiger partial charge in [-0.05, 0) is 61.9 Å². The molecule has 9 heteroatoms. The number of amides is 1. The zero-order valence-corrected chi connectivity index (χ0v) is 25.2. The molecule has 0 radical (unpaired) electrons. The number of rotatable bonds is 2. The molecule has 2 aromatic rings. The van der Waals surface area contributed by atoms with Crippen molar-refractivity contribution in [3.63, 3.8) is 0 Å². The molecule has 1 aromatic carbocycles. The van der Waals surface area contributed by atoms with Gasteiger partial charge in [0.15, 0.2) is 0 Å². The van der Waals surface area contributed by atoms with Gasteiger partial charge in [-0.25, -0.2) is 9.97 Å². The summed E-state index contributed by atoms with van der Waals surface area (Å²) in [4.78, 5) is 50.5. The number of carbonyl (C=O) groups excluding carboxylic acids is 3. The number of nitrogens with zero attached hydrogens (tertiary/aromatic N) is 3. The standard InChI is InChI=1S/C33H45N3O6/c1-20-27(19-37)36-18-29(20)42-31-25(34-24-15-14-22(40-5)16-26(24)35-31)12-8-6-7-10-21-11-9-13-28(21)41-30(38)17-23(32(36)39)33(2,3)4/h14-16,19-21,23,27-29H,6-13,17-18H2,1-5H3/t20-,21+,23+,27+,28+,29-/m0/s1/i8D2,12D2. The number of ether oxygens (including phenoxy) is 3. The molecule has 2 aliphatic heterocycles. The minimum absolute atomic E-state index is 0.0110. The Morgan fingerprint density at radius 3 is 2.57 bits per heavy atom. The van der Waals surface area contributed by atoms with Gasteiger partial charge in [-0.15, -0.1) is 0 Å². The van der Waals surface area contributed by atoms with Crippen LogP contribution in [0.1, 0.15) is 90.2 Å². The number of aryl methyl sites for hydroxylation is 1. The predicted molar refractivity (Wildman–Crippen MR) is 158 cm³/mol. The number of fused-ring (bicyclic) bond motifs is 5. The molecular formula is C33H45N3O6. The van der Waals surface area contributed by atoms with E-state index in [0.717, 1.165) is 12.8 Å². The molecule has 6 atom stereocenters. The Balaban J connectivity index is 1.61. The zero-order chi connectivity index (χ0) is 33.6. The lowest BCUT2D eigenvalue weighted by Gasteiger charge is -2.34. The summed E-state index contributed by atoms with van der Waals surface area (Å²) >= 11 is 0. The number of hydrogen-bond acceptors (Lipinski definition) is 8. The Labute approximate surface area is 254 Å². The summed E-state index contributed by atoms with van der Waals surface area (Å²) in [5, 5.41) is 0. The Morgan fingerprint density at radius 1 is 1.05 bits per heavy atom. The van der Waals surface area contributed by atoms with Crippen molar-refractivity contribution in [2.45, 2.75) is 104 Å². The molecule has 1 saturated heterocycles. The number of esters is 1. The maximum atomic E-state index is 14.2. The minimum Gasteiger partial charge on any atom is -0.497 e. The fourth-order valence-electron chi connectivity index (χ4n) is 6.45. The first-order valence-corrected chi connectivity index (χ1v) is 15.1. The molecule has 228 valence electrons. The lowest BCUT2D eigenvalue weighted by Crippen LogP contribution is -2.46. The second-order valence-corrected chi connectivity index (χ2v) is 12.9. The van der Waals surface area contributed by atoms with E-state index in [4.69, 9.17) is 19.7 Å². The summed E-state index contributed by atoms with van der Waals surface area (Å²) in [5.41, 5.74) is -0.188. The van der Waals surface area contributed by atoms with E-state index < -0.39 is 48.1 Å². The Bertz CT molecular complexity index is 1480. The second kappa shape index (κ2) is 12.6. The van der Waals surface area contributed by atoms with Gasteiger partial charge >= 0.3 is 5.97 Å². The molecule has 1 aliphatic carbocycles. The van der Waals surface area contributed by atoms with E-state index in [2.05, 4.69) is 9.97 Å². The SMILES string of the molecule is [2H]C1([2H])CCC[C@@H]2CCC[C@H]2OC(=O)C[C@@H](C(C)(C)C)C(=O)N2C[C@H](Oc3nc4cc(OC)ccc4nc3C1([2H])[2H])[C@@H](C)[C@H]2C=O. The largest absolute Gasteiger partial charge is 0.497 e. The van der Waals surface area contributed by atoms with Crippen LogP contribution in [0.5, 0.6) is 11.6 Å². The third kappa shape index (κ3) is 6.40. The highest BCUT2D eigenvalue weighted by Gasteiger charge is 2.47. The second-order valence-electron chi connectivity index (χ2n) is 12.9. The fraction of sp³-hybridized carbons (Fsp3) is 0.667. The van der Waals surface area contributed by atoms with Crippen molar-refractivity contribution in [2.24, 2.45) is 23.2 Å². The van der Waals surface area contributed by atoms with Crippen LogP contribution in [0.4, 0.5) is 0 Å². The van der Waals surface area contributed by atoms with Gasteiger partial charge < -0.3 is 23.9 Å². The monoisotopic (exact) mass is 583 g/mol. The van der Waals surface area contributed by atoms with Gasteiger partial charge in [0.05, 0.1) is 43.1 Å². The van der Waals surface area contributed by atoms with Crippen molar-refractivity contribution in [1.82, 2.24) is 14.9 Å². The van der Waals surface area contributed by atoms with Gasteiger partial charge in [-0.1, -0.05) is 40.5 Å². The molecule has 42 heavy (non-hydrogen) atoms. The Kier molecular flexibility index (Phi) is 7.56. The smallest absolute Gasteiger partial charge is 0.306 e. The van der Waals surface area contributed by atoms with E-state index in [-0.39, 0.29) is 48.9 Å². The van der Waals surface area contributed by atoms with Crippen LogP contribution in [-0.4, -0.2) is 64.9 Å². The zero-order valence-electron chi connectivity index (χ0n) is 29.2. The molecule has 5 rings (SSSR count). The average Bonchev–Trinajstić information content (AvgIpc) is 3.56. The van der Waals surface area contributed by atoms with Crippen LogP contribution in [0.15, 0.2) is 18.2 Å². The van der Waals surface area contributed by atoms with Crippen LogP contribution >= 0.6 is 0 Å². The molecule has 0 spiro atoms. The molecule has 2 fully saturated rings. The number of aldehydes is 1. The third-order valence-electron chi connectivity index (χ3n) is 9.06. The Hall–Kier alpha value is -3.23. The van der Waals surface area contributed by atoms with Crippen LogP contribution in [-0.2, 0) is 25.5 Å². The highest BCUT2D eigenvalue weighted by molar-refractivity contribution is 5.87. The summed E-state index contributed by atoms with van der Waals surface area (Å²) in [6.07, 6.45) is -2.31. The molecule has 9 nitrogen and oxygen atoms in total. The van der Waals surface area contributed by atoms with E-state index >= 15 is 0 Å². The van der Waals surface area contributed by atoms with Crippen molar-refractivity contribution in [3.8, 4) is 11.6 Å². The van der Waals surface area contributed by atoms with Gasteiger partial charge in [0.1, 0.15) is 29.9 Å². The lowest BCUT2D eigenvalue weighted by atomic mass is 9.77. The molecule has 0 N–H and O–H groups in total. The van der Waals surface area contributed by atoms with Crippen LogP contribution < -0.4 is 9.47 Å². The molecular weight excluding hydrogens is 534 g/mol. The summed E-state index contributed by atoms with van der Waals surface area (Å²) in [7, 11) is 1.51. The van der Waals surface area contributed by atoms with Gasteiger partial charge in [-0.3, -0.25) is 9.59 Å². The van der Waals surface area contributed by atoms with E-state index in [0.29, 0.717) is 42.3 Å². The topological polar surface area (TPSA) is 108 Å². The minimum atomic E-state index is -2.62. The van der Waals surface area contributed by atoms with Crippen LogP contribution in [0.2, 0.25) is 0 Å². The van der Waals surface area contributed by atoms with Crippen molar-refractivity contribution >= 4 is 29.2 Å². The number of benzene rings is 1. The van der Waals surface area contributed by atoms with Gasteiger partial charge in [0.2, 0.25) is 11.8 Å². The molecule has 1 saturated carbocycles. The molecule has 3 heterocycles. The number of carbonyl (C=O) groups is 3. The van der Waals surface area contributed by atoms with Gasteiger partial charge in [0, 0.05) is 17.5 Å². The molecule has 1 aromatic heterocycles. The van der Waals surface area contributed by atoms with E-state index in [9.17, 15) is 14.4 Å². The first-order valence-electron chi connectivity index (χ1n) is 17.1. The molecule has 1 amide bonds. The van der Waals surface area contributed by atoms with Crippen LogP contribution in [0.3, 0.4) is 0 Å². The first-order chi connectivity index (χ1) is 21.6. The first kappa shape index (κ1) is 25.3. The van der Waals surface area contributed by atoms with Crippen LogP contribution in [0, 0.1) is 23.2 Å². The maximum Gasteiger partial charge on any atom is 0.306 e. The average molecular weight is 584 g/mol. The lowest BCUT2D eigenvalue weighted by molar-refractivity contribution is -0.157. The third-order valence-corrected chi connectivity index (χ3v) is 9.06.